The quantitative estimate of drug-likeness (QED) is 0.918. The fraction of sp³-hybridized carbons (Fsp3) is 0.214. The van der Waals surface area contributed by atoms with E-state index in [4.69, 9.17) is 0 Å². The summed E-state index contributed by atoms with van der Waals surface area (Å²) in [5, 5.41) is 2.72. The van der Waals surface area contributed by atoms with Crippen molar-refractivity contribution in [1.82, 2.24) is 9.97 Å². The molecule has 0 aliphatic rings. The van der Waals surface area contributed by atoms with Gasteiger partial charge in [0.15, 0.2) is 5.82 Å². The molecule has 1 heterocycles. The van der Waals surface area contributed by atoms with Gasteiger partial charge in [0.25, 0.3) is 0 Å². The van der Waals surface area contributed by atoms with E-state index in [1.54, 1.807) is 17.3 Å². The van der Waals surface area contributed by atoms with Gasteiger partial charge in [-0.1, -0.05) is 12.1 Å². The van der Waals surface area contributed by atoms with Crippen molar-refractivity contribution in [3.05, 3.63) is 48.4 Å². The first kappa shape index (κ1) is 13.0. The number of hydrogen-bond donors (Lipinski definition) is 1. The van der Waals surface area contributed by atoms with Gasteiger partial charge in [-0.25, -0.2) is 9.78 Å². The van der Waals surface area contributed by atoms with Crippen LogP contribution in [0.15, 0.2) is 42.9 Å². The van der Waals surface area contributed by atoms with Crippen LogP contribution in [0.2, 0.25) is 0 Å². The molecule has 2 aromatic rings. The van der Waals surface area contributed by atoms with Crippen LogP contribution in [0.5, 0.6) is 0 Å². The molecule has 1 aromatic carbocycles. The van der Waals surface area contributed by atoms with Crippen molar-refractivity contribution in [3.8, 4) is 0 Å². The average molecular weight is 256 g/mol. The van der Waals surface area contributed by atoms with Gasteiger partial charge in [0, 0.05) is 24.6 Å². The Labute approximate surface area is 112 Å². The summed E-state index contributed by atoms with van der Waals surface area (Å²) in [6, 6.07) is 7.60. The van der Waals surface area contributed by atoms with Crippen LogP contribution >= 0.6 is 0 Å². The minimum absolute atomic E-state index is 0.214. The monoisotopic (exact) mass is 256 g/mol. The smallest absolute Gasteiger partial charge is 0.294 e. The van der Waals surface area contributed by atoms with Gasteiger partial charge in [0.2, 0.25) is 0 Å². The molecule has 2 amide bonds. The number of amides is 2. The van der Waals surface area contributed by atoms with Crippen LogP contribution in [0.1, 0.15) is 12.5 Å². The number of nitrogens with zero attached hydrogens (tertiary/aromatic N) is 3. The first-order chi connectivity index (χ1) is 9.20. The van der Waals surface area contributed by atoms with Gasteiger partial charge >= 0.3 is 6.03 Å². The molecule has 0 spiro atoms. The summed E-state index contributed by atoms with van der Waals surface area (Å²) in [7, 11) is 0. The van der Waals surface area contributed by atoms with Crippen LogP contribution < -0.4 is 10.2 Å². The lowest BCUT2D eigenvalue weighted by atomic mass is 10.2. The molecular weight excluding hydrogens is 240 g/mol. The van der Waals surface area contributed by atoms with Gasteiger partial charge < -0.3 is 0 Å². The number of rotatable bonds is 3. The van der Waals surface area contributed by atoms with Crippen LogP contribution in [0.4, 0.5) is 16.3 Å². The number of hydrogen-bond acceptors (Lipinski definition) is 3. The summed E-state index contributed by atoms with van der Waals surface area (Å²) in [6.07, 6.45) is 4.62. The van der Waals surface area contributed by atoms with Crippen molar-refractivity contribution < 1.29 is 4.79 Å². The maximum absolute atomic E-state index is 12.2. The van der Waals surface area contributed by atoms with Crippen LogP contribution in [-0.4, -0.2) is 22.5 Å². The molecule has 0 bridgehead atoms. The Bertz CT molecular complexity index is 556. The SMILES string of the molecule is CCN(C(=O)Nc1cnccn1)c1cccc(C)c1. The molecule has 5 heteroatoms. The van der Waals surface area contributed by atoms with Crippen molar-refractivity contribution in [2.24, 2.45) is 0 Å². The maximum atomic E-state index is 12.2. The number of carbonyl (C=O) groups is 1. The molecule has 0 saturated heterocycles. The van der Waals surface area contributed by atoms with E-state index in [9.17, 15) is 4.79 Å². The Balaban J connectivity index is 2.16. The third-order valence-corrected chi connectivity index (χ3v) is 2.67. The second-order valence-corrected chi connectivity index (χ2v) is 4.10. The zero-order chi connectivity index (χ0) is 13.7. The fourth-order valence-corrected chi connectivity index (χ4v) is 1.78. The number of aryl methyl sites for hydroxylation is 1. The van der Waals surface area contributed by atoms with Gasteiger partial charge in [-0.3, -0.25) is 15.2 Å². The fourth-order valence-electron chi connectivity index (χ4n) is 1.78. The number of aromatic nitrogens is 2. The standard InChI is InChI=1S/C14H16N4O/c1-3-18(12-6-4-5-11(2)9-12)14(19)17-13-10-15-7-8-16-13/h4-10H,3H2,1-2H3,(H,16,17,19). The predicted octanol–water partition coefficient (Wildman–Crippen LogP) is 2.84. The van der Waals surface area contributed by atoms with E-state index in [2.05, 4.69) is 15.3 Å². The number of nitrogens with one attached hydrogen (secondary N) is 1. The molecule has 0 aliphatic carbocycles. The van der Waals surface area contributed by atoms with Crippen molar-refractivity contribution in [3.63, 3.8) is 0 Å². The van der Waals surface area contributed by atoms with Gasteiger partial charge in [0.1, 0.15) is 0 Å². The number of urea groups is 1. The van der Waals surface area contributed by atoms with E-state index in [0.29, 0.717) is 12.4 Å². The molecule has 2 rings (SSSR count). The molecule has 19 heavy (non-hydrogen) atoms. The molecule has 0 fully saturated rings. The van der Waals surface area contributed by atoms with E-state index in [-0.39, 0.29) is 6.03 Å². The molecule has 0 unspecified atom stereocenters. The Hall–Kier alpha value is -2.43. The van der Waals surface area contributed by atoms with Crippen LogP contribution in [0.3, 0.4) is 0 Å². The second kappa shape index (κ2) is 5.95. The van der Waals surface area contributed by atoms with Gasteiger partial charge in [-0.2, -0.15) is 0 Å². The van der Waals surface area contributed by atoms with E-state index < -0.39 is 0 Å². The van der Waals surface area contributed by atoms with Gasteiger partial charge in [-0.15, -0.1) is 0 Å². The summed E-state index contributed by atoms with van der Waals surface area (Å²) in [6.45, 7) is 4.51. The number of benzene rings is 1. The zero-order valence-corrected chi connectivity index (χ0v) is 11.0. The first-order valence-corrected chi connectivity index (χ1v) is 6.12. The normalized spacial score (nSPS) is 10.0. The van der Waals surface area contributed by atoms with Crippen LogP contribution in [0, 0.1) is 6.92 Å². The van der Waals surface area contributed by atoms with Crippen molar-refractivity contribution >= 4 is 17.5 Å². The minimum atomic E-state index is -0.214. The molecular formula is C14H16N4O. The number of carbonyl (C=O) groups excluding carboxylic acids is 1. The minimum Gasteiger partial charge on any atom is -0.294 e. The average Bonchev–Trinajstić information content (AvgIpc) is 2.41. The van der Waals surface area contributed by atoms with Crippen molar-refractivity contribution in [2.75, 3.05) is 16.8 Å². The molecule has 0 saturated carbocycles. The van der Waals surface area contributed by atoms with E-state index in [1.165, 1.54) is 6.20 Å². The summed E-state index contributed by atoms with van der Waals surface area (Å²) in [5.74, 6) is 0.443. The summed E-state index contributed by atoms with van der Waals surface area (Å²) < 4.78 is 0. The van der Waals surface area contributed by atoms with E-state index in [0.717, 1.165) is 11.3 Å². The highest BCUT2D eigenvalue weighted by Gasteiger charge is 2.14. The summed E-state index contributed by atoms with van der Waals surface area (Å²) >= 11 is 0. The zero-order valence-electron chi connectivity index (χ0n) is 11.0. The highest BCUT2D eigenvalue weighted by Crippen LogP contribution is 2.16. The van der Waals surface area contributed by atoms with Crippen LogP contribution in [-0.2, 0) is 0 Å². The maximum Gasteiger partial charge on any atom is 0.327 e. The van der Waals surface area contributed by atoms with Crippen molar-refractivity contribution in [2.45, 2.75) is 13.8 Å². The summed E-state index contributed by atoms with van der Waals surface area (Å²) in [4.78, 5) is 21.8. The third-order valence-electron chi connectivity index (χ3n) is 2.67. The van der Waals surface area contributed by atoms with Crippen LogP contribution in [0.25, 0.3) is 0 Å². The topological polar surface area (TPSA) is 58.1 Å². The summed E-state index contributed by atoms with van der Waals surface area (Å²) in [5.41, 5.74) is 1.98. The lowest BCUT2D eigenvalue weighted by molar-refractivity contribution is 0.257. The lowest BCUT2D eigenvalue weighted by Gasteiger charge is -2.21. The Kier molecular flexibility index (Phi) is 4.07. The highest BCUT2D eigenvalue weighted by molar-refractivity contribution is 6.01. The molecule has 0 atom stereocenters. The van der Waals surface area contributed by atoms with E-state index in [1.807, 2.05) is 38.1 Å². The number of anilines is 2. The Morgan fingerprint density at radius 2 is 2.21 bits per heavy atom. The highest BCUT2D eigenvalue weighted by atomic mass is 16.2. The molecule has 1 N–H and O–H groups in total. The van der Waals surface area contributed by atoms with Gasteiger partial charge in [0.05, 0.1) is 6.20 Å². The second-order valence-electron chi connectivity index (χ2n) is 4.10. The first-order valence-electron chi connectivity index (χ1n) is 6.12. The molecule has 1 aromatic heterocycles. The van der Waals surface area contributed by atoms with Gasteiger partial charge in [-0.05, 0) is 31.5 Å². The Morgan fingerprint density at radius 3 is 2.84 bits per heavy atom. The largest absolute Gasteiger partial charge is 0.327 e. The molecule has 0 aliphatic heterocycles. The molecule has 98 valence electrons. The molecule has 0 radical (unpaired) electrons. The predicted molar refractivity (Wildman–Crippen MR) is 75.2 cm³/mol. The van der Waals surface area contributed by atoms with Crippen molar-refractivity contribution in [1.29, 1.82) is 0 Å². The lowest BCUT2D eigenvalue weighted by Crippen LogP contribution is -2.35. The van der Waals surface area contributed by atoms with E-state index >= 15 is 0 Å². The Morgan fingerprint density at radius 1 is 1.37 bits per heavy atom. The third kappa shape index (κ3) is 3.28. The molecule has 5 nitrogen and oxygen atoms in total.